The second-order valence-electron chi connectivity index (χ2n) is 6.57. The molecule has 3 aromatic rings. The third-order valence-corrected chi connectivity index (χ3v) is 4.67. The normalized spacial score (nSPS) is 11.4. The van der Waals surface area contributed by atoms with Gasteiger partial charge in [-0.2, -0.15) is 0 Å². The molecule has 0 bridgehead atoms. The molecule has 0 aliphatic carbocycles. The number of nitrogens with one attached hydrogen (secondary N) is 1. The van der Waals surface area contributed by atoms with Crippen LogP contribution in [0.2, 0.25) is 0 Å². The van der Waals surface area contributed by atoms with E-state index < -0.39 is 0 Å². The zero-order chi connectivity index (χ0) is 20.5. The molecule has 0 aliphatic rings. The number of benzene rings is 2. The first-order valence-electron chi connectivity index (χ1n) is 9.84. The van der Waals surface area contributed by atoms with Crippen LogP contribution in [0.5, 0.6) is 0 Å². The van der Waals surface area contributed by atoms with E-state index in [4.69, 9.17) is 0 Å². The predicted molar refractivity (Wildman–Crippen MR) is 117 cm³/mol. The summed E-state index contributed by atoms with van der Waals surface area (Å²) in [6, 6.07) is 22.8. The van der Waals surface area contributed by atoms with Gasteiger partial charge < -0.3 is 5.32 Å². The van der Waals surface area contributed by atoms with Crippen molar-refractivity contribution in [2.45, 2.75) is 19.9 Å². The van der Waals surface area contributed by atoms with Gasteiger partial charge in [0.1, 0.15) is 11.7 Å². The van der Waals surface area contributed by atoms with Crippen LogP contribution in [-0.2, 0) is 4.79 Å². The van der Waals surface area contributed by atoms with Gasteiger partial charge in [0.25, 0.3) is 0 Å². The Morgan fingerprint density at radius 3 is 2.41 bits per heavy atom. The highest BCUT2D eigenvalue weighted by Gasteiger charge is 2.25. The lowest BCUT2D eigenvalue weighted by atomic mass is 10.0. The second-order valence-corrected chi connectivity index (χ2v) is 6.57. The van der Waals surface area contributed by atoms with Gasteiger partial charge in [-0.05, 0) is 54.9 Å². The van der Waals surface area contributed by atoms with E-state index in [-0.39, 0.29) is 11.9 Å². The number of rotatable bonds is 6. The highest BCUT2D eigenvalue weighted by atomic mass is 16.2. The van der Waals surface area contributed by atoms with Crippen molar-refractivity contribution in [1.82, 2.24) is 9.88 Å². The van der Waals surface area contributed by atoms with Crippen molar-refractivity contribution >= 4 is 11.6 Å². The van der Waals surface area contributed by atoms with Gasteiger partial charge in [-0.15, -0.1) is 0 Å². The number of carbonyl (C=O) groups is 1. The monoisotopic (exact) mass is 383 g/mol. The van der Waals surface area contributed by atoms with Gasteiger partial charge in [0, 0.05) is 17.4 Å². The SMILES string of the molecule is CCN(CC)C(C(=O)Nc1cccc(C#Cc2ccccn2)c1)c1ccccc1. The average molecular weight is 383 g/mol. The molecule has 29 heavy (non-hydrogen) atoms. The molecule has 1 N–H and O–H groups in total. The summed E-state index contributed by atoms with van der Waals surface area (Å²) in [4.78, 5) is 19.5. The van der Waals surface area contributed by atoms with Gasteiger partial charge in [0.05, 0.1) is 0 Å². The fourth-order valence-electron chi connectivity index (χ4n) is 3.21. The van der Waals surface area contributed by atoms with Crippen molar-refractivity contribution in [3.63, 3.8) is 0 Å². The average Bonchev–Trinajstić information content (AvgIpc) is 2.77. The molecule has 1 amide bonds. The second kappa shape index (κ2) is 10.2. The minimum atomic E-state index is -0.338. The summed E-state index contributed by atoms with van der Waals surface area (Å²) in [7, 11) is 0. The Balaban J connectivity index is 1.81. The Hall–Kier alpha value is -3.42. The fourth-order valence-corrected chi connectivity index (χ4v) is 3.21. The highest BCUT2D eigenvalue weighted by Crippen LogP contribution is 2.23. The molecule has 0 saturated heterocycles. The molecule has 4 heteroatoms. The van der Waals surface area contributed by atoms with E-state index in [0.717, 1.165) is 29.9 Å². The largest absolute Gasteiger partial charge is 0.324 e. The first-order chi connectivity index (χ1) is 14.2. The first-order valence-corrected chi connectivity index (χ1v) is 9.84. The minimum absolute atomic E-state index is 0.0465. The Labute approximate surface area is 172 Å². The molecule has 1 aromatic heterocycles. The molecular formula is C25H25N3O. The molecule has 0 radical (unpaired) electrons. The van der Waals surface area contributed by atoms with Crippen LogP contribution in [0.25, 0.3) is 0 Å². The van der Waals surface area contributed by atoms with E-state index >= 15 is 0 Å². The van der Waals surface area contributed by atoms with Gasteiger partial charge in [-0.1, -0.05) is 62.2 Å². The van der Waals surface area contributed by atoms with Crippen molar-refractivity contribution in [2.24, 2.45) is 0 Å². The smallest absolute Gasteiger partial charge is 0.246 e. The lowest BCUT2D eigenvalue weighted by molar-refractivity contribution is -0.121. The molecule has 146 valence electrons. The maximum absolute atomic E-state index is 13.2. The number of anilines is 1. The topological polar surface area (TPSA) is 45.2 Å². The van der Waals surface area contributed by atoms with E-state index in [1.807, 2.05) is 72.8 Å². The number of amides is 1. The highest BCUT2D eigenvalue weighted by molar-refractivity contribution is 5.95. The molecule has 0 fully saturated rings. The molecule has 1 atom stereocenters. The standard InChI is InChI=1S/C25H25N3O/c1-3-28(4-2)24(21-12-6-5-7-13-21)25(29)27-23-15-10-11-20(19-23)16-17-22-14-8-9-18-26-22/h5-15,18-19,24H,3-4H2,1-2H3,(H,27,29). The third-order valence-electron chi connectivity index (χ3n) is 4.67. The Kier molecular flexibility index (Phi) is 7.16. The van der Waals surface area contributed by atoms with E-state index in [0.29, 0.717) is 5.69 Å². The van der Waals surface area contributed by atoms with Crippen LogP contribution in [-0.4, -0.2) is 28.9 Å². The van der Waals surface area contributed by atoms with E-state index in [1.165, 1.54) is 0 Å². The molecule has 0 aliphatic heterocycles. The number of aromatic nitrogens is 1. The molecule has 3 rings (SSSR count). The molecule has 1 unspecified atom stereocenters. The van der Waals surface area contributed by atoms with Gasteiger partial charge in [-0.25, -0.2) is 4.98 Å². The van der Waals surface area contributed by atoms with E-state index in [9.17, 15) is 4.79 Å². The maximum atomic E-state index is 13.2. The van der Waals surface area contributed by atoms with Crippen LogP contribution in [0.3, 0.4) is 0 Å². The van der Waals surface area contributed by atoms with Crippen LogP contribution >= 0.6 is 0 Å². The van der Waals surface area contributed by atoms with Crippen molar-refractivity contribution in [3.05, 3.63) is 95.8 Å². The molecule has 0 spiro atoms. The summed E-state index contributed by atoms with van der Waals surface area (Å²) < 4.78 is 0. The first kappa shape index (κ1) is 20.3. The molecule has 4 nitrogen and oxygen atoms in total. The lowest BCUT2D eigenvalue weighted by Crippen LogP contribution is -2.37. The lowest BCUT2D eigenvalue weighted by Gasteiger charge is -2.29. The summed E-state index contributed by atoms with van der Waals surface area (Å²) in [6.07, 6.45) is 1.72. The van der Waals surface area contributed by atoms with Crippen molar-refractivity contribution in [3.8, 4) is 11.8 Å². The van der Waals surface area contributed by atoms with Crippen molar-refractivity contribution in [2.75, 3.05) is 18.4 Å². The van der Waals surface area contributed by atoms with E-state index in [2.05, 4.69) is 40.9 Å². The van der Waals surface area contributed by atoms with Crippen molar-refractivity contribution < 1.29 is 4.79 Å². The van der Waals surface area contributed by atoms with Crippen LogP contribution in [0.4, 0.5) is 5.69 Å². The quantitative estimate of drug-likeness (QED) is 0.638. The third kappa shape index (κ3) is 5.54. The number of nitrogens with zero attached hydrogens (tertiary/aromatic N) is 2. The zero-order valence-electron chi connectivity index (χ0n) is 16.8. The van der Waals surface area contributed by atoms with E-state index in [1.54, 1.807) is 6.20 Å². The number of pyridine rings is 1. The summed E-state index contributed by atoms with van der Waals surface area (Å²) in [6.45, 7) is 5.72. The zero-order valence-corrected chi connectivity index (χ0v) is 16.8. The number of hydrogen-bond acceptors (Lipinski definition) is 3. The molecule has 0 saturated carbocycles. The summed E-state index contributed by atoms with van der Waals surface area (Å²) >= 11 is 0. The van der Waals surface area contributed by atoms with Gasteiger partial charge in [0.15, 0.2) is 0 Å². The Morgan fingerprint density at radius 1 is 0.966 bits per heavy atom. The minimum Gasteiger partial charge on any atom is -0.324 e. The molecule has 1 heterocycles. The van der Waals surface area contributed by atoms with Crippen LogP contribution in [0.1, 0.15) is 36.7 Å². The fraction of sp³-hybridized carbons (Fsp3) is 0.200. The van der Waals surface area contributed by atoms with Crippen LogP contribution < -0.4 is 5.32 Å². The summed E-state index contributed by atoms with van der Waals surface area (Å²) in [5.41, 5.74) is 3.26. The number of hydrogen-bond donors (Lipinski definition) is 1. The van der Waals surface area contributed by atoms with Crippen LogP contribution in [0.15, 0.2) is 79.0 Å². The number of likely N-dealkylation sites (N-methyl/N-ethyl adjacent to an activating group) is 1. The number of carbonyl (C=O) groups excluding carboxylic acids is 1. The molecule has 2 aromatic carbocycles. The summed E-state index contributed by atoms with van der Waals surface area (Å²) in [5.74, 6) is 6.10. The molecular weight excluding hydrogens is 358 g/mol. The van der Waals surface area contributed by atoms with Gasteiger partial charge in [0.2, 0.25) is 5.91 Å². The Bertz CT molecular complexity index is 987. The van der Waals surface area contributed by atoms with Crippen molar-refractivity contribution in [1.29, 1.82) is 0 Å². The summed E-state index contributed by atoms with van der Waals surface area (Å²) in [5, 5.41) is 3.06. The Morgan fingerprint density at radius 2 is 1.72 bits per heavy atom. The van der Waals surface area contributed by atoms with Gasteiger partial charge >= 0.3 is 0 Å². The maximum Gasteiger partial charge on any atom is 0.246 e. The predicted octanol–water partition coefficient (Wildman–Crippen LogP) is 4.50. The van der Waals surface area contributed by atoms with Gasteiger partial charge in [-0.3, -0.25) is 9.69 Å². The van der Waals surface area contributed by atoms with Crippen LogP contribution in [0, 0.1) is 11.8 Å².